The number of benzene rings is 1. The number of aromatic nitrogens is 1. The van der Waals surface area contributed by atoms with Gasteiger partial charge in [-0.25, -0.2) is 0 Å². The maximum Gasteiger partial charge on any atom is 0.120 e. The van der Waals surface area contributed by atoms with Gasteiger partial charge in [-0.05, 0) is 44.5 Å². The van der Waals surface area contributed by atoms with Crippen LogP contribution in [-0.4, -0.2) is 15.6 Å². The summed E-state index contributed by atoms with van der Waals surface area (Å²) in [7, 11) is 0. The van der Waals surface area contributed by atoms with E-state index in [1.54, 1.807) is 6.07 Å². The third kappa shape index (κ3) is 5.55. The van der Waals surface area contributed by atoms with Crippen LogP contribution in [0, 0.1) is 0 Å². The first-order chi connectivity index (χ1) is 12.2. The largest absolute Gasteiger partial charge is 0.508 e. The van der Waals surface area contributed by atoms with Gasteiger partial charge in [0.05, 0.1) is 5.69 Å². The van der Waals surface area contributed by atoms with E-state index >= 15 is 0 Å². The van der Waals surface area contributed by atoms with Crippen molar-refractivity contribution in [1.82, 2.24) is 10.3 Å². The zero-order valence-electron chi connectivity index (χ0n) is 18.5. The van der Waals surface area contributed by atoms with Gasteiger partial charge >= 0.3 is 0 Å². The Labute approximate surface area is 165 Å². The molecular weight excluding hydrogens is 332 g/mol. The number of rotatable bonds is 3. The molecule has 1 aromatic carbocycles. The highest BCUT2D eigenvalue weighted by Gasteiger charge is 2.25. The van der Waals surface area contributed by atoms with Gasteiger partial charge in [0.25, 0.3) is 0 Å². The monoisotopic (exact) mass is 368 g/mol. The Morgan fingerprint density at radius 3 is 2.00 bits per heavy atom. The number of hydrogen-bond donors (Lipinski definition) is 2. The van der Waals surface area contributed by atoms with Crippen molar-refractivity contribution >= 4 is 0 Å². The van der Waals surface area contributed by atoms with Crippen LogP contribution in [0.4, 0.5) is 0 Å². The van der Waals surface area contributed by atoms with Crippen LogP contribution >= 0.6 is 0 Å². The lowest BCUT2D eigenvalue weighted by Gasteiger charge is -2.26. The van der Waals surface area contributed by atoms with Gasteiger partial charge in [0.15, 0.2) is 0 Å². The molecule has 0 aliphatic heterocycles. The van der Waals surface area contributed by atoms with E-state index in [0.29, 0.717) is 12.3 Å². The van der Waals surface area contributed by atoms with Crippen LogP contribution in [0.5, 0.6) is 5.75 Å². The highest BCUT2D eigenvalue weighted by atomic mass is 16.3. The minimum atomic E-state index is -0.0711. The number of nitrogens with one attached hydrogen (secondary N) is 1. The minimum Gasteiger partial charge on any atom is -0.508 e. The third-order valence-corrected chi connectivity index (χ3v) is 4.57. The number of phenols is 1. The van der Waals surface area contributed by atoms with Crippen molar-refractivity contribution in [2.24, 2.45) is 0 Å². The van der Waals surface area contributed by atoms with Crippen molar-refractivity contribution in [3.63, 3.8) is 0 Å². The van der Waals surface area contributed by atoms with Gasteiger partial charge in [-0.3, -0.25) is 4.98 Å². The number of aromatic hydroxyl groups is 1. The average molecular weight is 369 g/mol. The van der Waals surface area contributed by atoms with Crippen LogP contribution in [0.1, 0.15) is 79.3 Å². The Morgan fingerprint density at radius 2 is 1.48 bits per heavy atom. The normalized spacial score (nSPS) is 13.1. The summed E-state index contributed by atoms with van der Waals surface area (Å²) in [4.78, 5) is 5.05. The van der Waals surface area contributed by atoms with E-state index < -0.39 is 0 Å². The first kappa shape index (κ1) is 21.4. The maximum atomic E-state index is 10.3. The highest BCUT2D eigenvalue weighted by molar-refractivity contribution is 5.69. The highest BCUT2D eigenvalue weighted by Crippen LogP contribution is 2.35. The van der Waals surface area contributed by atoms with E-state index in [9.17, 15) is 5.11 Å². The van der Waals surface area contributed by atoms with E-state index in [1.807, 2.05) is 6.07 Å². The van der Waals surface area contributed by atoms with E-state index in [1.165, 1.54) is 0 Å². The van der Waals surface area contributed by atoms with Crippen LogP contribution < -0.4 is 5.32 Å². The molecule has 27 heavy (non-hydrogen) atoms. The summed E-state index contributed by atoms with van der Waals surface area (Å²) in [6, 6.07) is 10.2. The number of phenolic OH excluding ortho intramolecular Hbond substituents is 1. The molecule has 148 valence electrons. The van der Waals surface area contributed by atoms with Crippen LogP contribution in [0.25, 0.3) is 11.1 Å². The Bertz CT molecular complexity index is 803. The molecule has 0 atom stereocenters. The Balaban J connectivity index is 2.54. The molecule has 2 N–H and O–H groups in total. The van der Waals surface area contributed by atoms with Gasteiger partial charge in [0.1, 0.15) is 5.75 Å². The van der Waals surface area contributed by atoms with Crippen molar-refractivity contribution in [2.45, 2.75) is 85.2 Å². The minimum absolute atomic E-state index is 0.00503. The smallest absolute Gasteiger partial charge is 0.120 e. The Morgan fingerprint density at radius 1 is 0.852 bits per heavy atom. The van der Waals surface area contributed by atoms with Crippen LogP contribution in [-0.2, 0) is 17.4 Å². The zero-order chi connectivity index (χ0) is 20.6. The maximum absolute atomic E-state index is 10.3. The van der Waals surface area contributed by atoms with Crippen molar-refractivity contribution in [3.05, 3.63) is 47.3 Å². The zero-order valence-corrected chi connectivity index (χ0v) is 18.5. The van der Waals surface area contributed by atoms with Crippen LogP contribution in [0.15, 0.2) is 30.3 Å². The first-order valence-corrected chi connectivity index (χ1v) is 9.78. The fraction of sp³-hybridized carbons (Fsp3) is 0.542. The lowest BCUT2D eigenvalue weighted by molar-refractivity contribution is 0.412. The first-order valence-electron chi connectivity index (χ1n) is 9.78. The molecule has 0 radical (unpaired) electrons. The van der Waals surface area contributed by atoms with Gasteiger partial charge in [0, 0.05) is 39.7 Å². The number of nitrogens with zero attached hydrogens (tertiary/aromatic N) is 1. The summed E-state index contributed by atoms with van der Waals surface area (Å²) in [6.07, 6.45) is 0. The van der Waals surface area contributed by atoms with E-state index in [-0.39, 0.29) is 16.4 Å². The third-order valence-electron chi connectivity index (χ3n) is 4.57. The molecule has 2 aromatic rings. The predicted molar refractivity (Wildman–Crippen MR) is 115 cm³/mol. The summed E-state index contributed by atoms with van der Waals surface area (Å²) in [5.74, 6) is 0.326. The summed E-state index contributed by atoms with van der Waals surface area (Å²) in [6.45, 7) is 20.2. The predicted octanol–water partition coefficient (Wildman–Crippen LogP) is 5.94. The molecule has 0 bridgehead atoms. The molecule has 0 unspecified atom stereocenters. The second-order valence-corrected chi connectivity index (χ2v) is 10.5. The fourth-order valence-corrected chi connectivity index (χ4v) is 2.94. The molecule has 1 aromatic heterocycles. The molecule has 3 nitrogen and oxygen atoms in total. The van der Waals surface area contributed by atoms with Gasteiger partial charge in [0.2, 0.25) is 0 Å². The summed E-state index contributed by atoms with van der Waals surface area (Å²) in [5, 5.41) is 13.8. The second-order valence-electron chi connectivity index (χ2n) is 10.5. The average Bonchev–Trinajstić information content (AvgIpc) is 2.51. The van der Waals surface area contributed by atoms with E-state index in [0.717, 1.165) is 28.1 Å². The van der Waals surface area contributed by atoms with Crippen molar-refractivity contribution in [3.8, 4) is 16.9 Å². The van der Waals surface area contributed by atoms with Crippen molar-refractivity contribution in [1.29, 1.82) is 0 Å². The summed E-state index contributed by atoms with van der Waals surface area (Å²) >= 11 is 0. The van der Waals surface area contributed by atoms with Crippen molar-refractivity contribution < 1.29 is 5.11 Å². The SMILES string of the molecule is CC(C)(C)NCc1cc(-c2ccc(C(C)(C)C)nc2C(C)(C)C)ccc1O. The number of pyridine rings is 1. The van der Waals surface area contributed by atoms with Crippen molar-refractivity contribution in [2.75, 3.05) is 0 Å². The van der Waals surface area contributed by atoms with E-state index in [2.05, 4.69) is 85.8 Å². The summed E-state index contributed by atoms with van der Waals surface area (Å²) < 4.78 is 0. The second kappa shape index (κ2) is 7.27. The molecule has 0 saturated heterocycles. The molecule has 0 amide bonds. The van der Waals surface area contributed by atoms with Gasteiger partial charge in [-0.1, -0.05) is 53.7 Å². The van der Waals surface area contributed by atoms with E-state index in [4.69, 9.17) is 4.98 Å². The molecule has 0 spiro atoms. The van der Waals surface area contributed by atoms with Gasteiger partial charge < -0.3 is 10.4 Å². The standard InChI is InChI=1S/C24H36N2O/c1-22(2,3)20-13-11-18(21(26-20)23(4,5)6)16-10-12-19(27)17(14-16)15-25-24(7,8)9/h10-14,25,27H,15H2,1-9H3. The van der Waals surface area contributed by atoms with Crippen LogP contribution in [0.3, 0.4) is 0 Å². The van der Waals surface area contributed by atoms with Gasteiger partial charge in [-0.15, -0.1) is 0 Å². The molecule has 0 aliphatic rings. The molecule has 3 heteroatoms. The topological polar surface area (TPSA) is 45.2 Å². The van der Waals surface area contributed by atoms with Crippen LogP contribution in [0.2, 0.25) is 0 Å². The lowest BCUT2D eigenvalue weighted by Crippen LogP contribution is -2.35. The fourth-order valence-electron chi connectivity index (χ4n) is 2.94. The number of hydrogen-bond acceptors (Lipinski definition) is 3. The lowest BCUT2D eigenvalue weighted by atomic mass is 9.83. The molecule has 2 rings (SSSR count). The quantitative estimate of drug-likeness (QED) is 0.705. The van der Waals surface area contributed by atoms with Gasteiger partial charge in [-0.2, -0.15) is 0 Å². The summed E-state index contributed by atoms with van der Waals surface area (Å²) in [5.41, 5.74) is 5.26. The molecule has 0 aliphatic carbocycles. The molecule has 0 saturated carbocycles. The molecule has 1 heterocycles. The Hall–Kier alpha value is -1.87. The molecule has 0 fully saturated rings. The Kier molecular flexibility index (Phi) is 5.77. The molecular formula is C24H36N2O.